The highest BCUT2D eigenvalue weighted by Crippen LogP contribution is 2.34. The lowest BCUT2D eigenvalue weighted by Gasteiger charge is -2.28. The first-order chi connectivity index (χ1) is 14.6. The molecule has 1 atom stereocenters. The summed E-state index contributed by atoms with van der Waals surface area (Å²) in [6.45, 7) is 0.308. The van der Waals surface area contributed by atoms with Gasteiger partial charge in [-0.15, -0.1) is 0 Å². The molecule has 1 saturated carbocycles. The number of aromatic nitrogens is 2. The Kier molecular flexibility index (Phi) is 6.14. The molecule has 0 spiro atoms. The normalized spacial score (nSPS) is 14.6. The third-order valence-electron chi connectivity index (χ3n) is 5.27. The molecule has 0 radical (unpaired) electrons. The van der Waals surface area contributed by atoms with Crippen molar-refractivity contribution >= 4 is 17.5 Å². The molecule has 1 amide bonds. The quantitative estimate of drug-likeness (QED) is 0.587. The number of benzene rings is 2. The summed E-state index contributed by atoms with van der Waals surface area (Å²) < 4.78 is 5.83. The Bertz CT molecular complexity index is 1030. The van der Waals surface area contributed by atoms with Gasteiger partial charge >= 0.3 is 0 Å². The van der Waals surface area contributed by atoms with Crippen LogP contribution >= 0.6 is 11.6 Å². The van der Waals surface area contributed by atoms with Gasteiger partial charge in [0.15, 0.2) is 16.7 Å². The van der Waals surface area contributed by atoms with Crippen molar-refractivity contribution in [3.63, 3.8) is 0 Å². The molecule has 1 aliphatic carbocycles. The molecule has 2 N–H and O–H groups in total. The Morgan fingerprint density at radius 2 is 1.93 bits per heavy atom. The van der Waals surface area contributed by atoms with Crippen molar-refractivity contribution in [3.8, 4) is 11.5 Å². The first-order valence-electron chi connectivity index (χ1n) is 9.88. The zero-order valence-electron chi connectivity index (χ0n) is 16.3. The van der Waals surface area contributed by atoms with Crippen LogP contribution in [0.25, 0.3) is 0 Å². The van der Waals surface area contributed by atoms with Crippen molar-refractivity contribution in [2.24, 2.45) is 5.92 Å². The van der Waals surface area contributed by atoms with Crippen LogP contribution in [0.5, 0.6) is 11.5 Å². The van der Waals surface area contributed by atoms with Gasteiger partial charge in [0, 0.05) is 18.3 Å². The topological polar surface area (TPSA) is 84.3 Å². The highest BCUT2D eigenvalue weighted by atomic mass is 35.5. The number of hydrogen-bond donors (Lipinski definition) is 2. The molecule has 3 aromatic rings. The molecular weight excluding hydrogens is 402 g/mol. The molecule has 1 fully saturated rings. The van der Waals surface area contributed by atoms with E-state index in [9.17, 15) is 9.90 Å². The number of hydrogen-bond acceptors (Lipinski definition) is 5. The van der Waals surface area contributed by atoms with E-state index in [0.29, 0.717) is 23.6 Å². The van der Waals surface area contributed by atoms with Crippen LogP contribution in [0.1, 0.15) is 42.1 Å². The van der Waals surface area contributed by atoms with E-state index in [4.69, 9.17) is 16.3 Å². The monoisotopic (exact) mass is 423 g/mol. The van der Waals surface area contributed by atoms with Crippen LogP contribution in [0.15, 0.2) is 60.9 Å². The Hall–Kier alpha value is -3.12. The van der Waals surface area contributed by atoms with E-state index in [0.717, 1.165) is 24.8 Å². The lowest BCUT2D eigenvalue weighted by atomic mass is 9.84. The fraction of sp³-hybridized carbons (Fsp3) is 0.261. The van der Waals surface area contributed by atoms with E-state index in [1.165, 1.54) is 12.4 Å². The molecule has 30 heavy (non-hydrogen) atoms. The number of ether oxygens (including phenoxy) is 1. The Balaban J connectivity index is 1.62. The second kappa shape index (κ2) is 9.13. The predicted octanol–water partition coefficient (Wildman–Crippen LogP) is 4.42. The third-order valence-corrected chi connectivity index (χ3v) is 5.56. The van der Waals surface area contributed by atoms with Crippen LogP contribution in [0.3, 0.4) is 0 Å². The zero-order valence-corrected chi connectivity index (χ0v) is 17.0. The van der Waals surface area contributed by atoms with Crippen LogP contribution in [0.4, 0.5) is 0 Å². The summed E-state index contributed by atoms with van der Waals surface area (Å²) in [7, 11) is 0. The smallest absolute Gasteiger partial charge is 0.223 e. The Morgan fingerprint density at radius 1 is 1.17 bits per heavy atom. The number of carbonyl (C=O) groups excluding carboxylic acids is 1. The van der Waals surface area contributed by atoms with Crippen molar-refractivity contribution < 1.29 is 14.6 Å². The maximum absolute atomic E-state index is 12.7. The molecule has 2 aromatic carbocycles. The van der Waals surface area contributed by atoms with Gasteiger partial charge in [-0.05, 0) is 36.1 Å². The molecule has 4 rings (SSSR count). The van der Waals surface area contributed by atoms with Gasteiger partial charge < -0.3 is 15.2 Å². The molecule has 0 saturated heterocycles. The number of nitrogens with zero attached hydrogens (tertiary/aromatic N) is 2. The molecule has 1 heterocycles. The van der Waals surface area contributed by atoms with Crippen LogP contribution in [0.2, 0.25) is 5.15 Å². The second-order valence-electron chi connectivity index (χ2n) is 7.30. The largest absolute Gasteiger partial charge is 0.504 e. The number of aromatic hydroxyl groups is 1. The Morgan fingerprint density at radius 3 is 2.63 bits per heavy atom. The van der Waals surface area contributed by atoms with Crippen LogP contribution < -0.4 is 10.1 Å². The van der Waals surface area contributed by atoms with E-state index in [2.05, 4.69) is 15.3 Å². The van der Waals surface area contributed by atoms with Crippen LogP contribution in [0, 0.1) is 5.92 Å². The summed E-state index contributed by atoms with van der Waals surface area (Å²) in [5, 5.41) is 13.5. The summed E-state index contributed by atoms with van der Waals surface area (Å²) in [6, 6.07) is 14.1. The van der Waals surface area contributed by atoms with Gasteiger partial charge in [0.25, 0.3) is 0 Å². The van der Waals surface area contributed by atoms with Gasteiger partial charge in [0.2, 0.25) is 5.91 Å². The van der Waals surface area contributed by atoms with E-state index in [-0.39, 0.29) is 22.7 Å². The summed E-state index contributed by atoms with van der Waals surface area (Å²) in [5.74, 6) is 0.310. The van der Waals surface area contributed by atoms with E-state index < -0.39 is 6.04 Å². The lowest BCUT2D eigenvalue weighted by molar-refractivity contribution is -0.127. The number of carbonyl (C=O) groups is 1. The van der Waals surface area contributed by atoms with Crippen molar-refractivity contribution in [1.29, 1.82) is 0 Å². The van der Waals surface area contributed by atoms with Gasteiger partial charge in [-0.2, -0.15) is 0 Å². The van der Waals surface area contributed by atoms with Gasteiger partial charge in [-0.1, -0.05) is 54.4 Å². The van der Waals surface area contributed by atoms with E-state index in [1.54, 1.807) is 18.2 Å². The average Bonchev–Trinajstić information content (AvgIpc) is 2.72. The number of rotatable bonds is 7. The van der Waals surface area contributed by atoms with Gasteiger partial charge in [-0.3, -0.25) is 9.78 Å². The minimum atomic E-state index is -0.598. The summed E-state index contributed by atoms with van der Waals surface area (Å²) in [5.41, 5.74) is 2.13. The van der Waals surface area contributed by atoms with Crippen molar-refractivity contribution in [2.45, 2.75) is 31.9 Å². The molecule has 1 unspecified atom stereocenters. The molecule has 6 nitrogen and oxygen atoms in total. The standard InChI is InChI=1S/C23H22ClN3O3/c24-22-21(25-11-12-26-22)20(27-23(29)16-7-4-8-16)17-9-10-18(28)19(13-17)30-14-15-5-2-1-3-6-15/h1-3,5-6,9-13,16,20,28H,4,7-8,14H2,(H,27,29). The number of amides is 1. The molecule has 154 valence electrons. The lowest BCUT2D eigenvalue weighted by Crippen LogP contribution is -2.37. The molecule has 0 aliphatic heterocycles. The van der Waals surface area contributed by atoms with Crippen molar-refractivity contribution in [3.05, 3.63) is 82.9 Å². The van der Waals surface area contributed by atoms with Gasteiger partial charge in [0.1, 0.15) is 12.3 Å². The fourth-order valence-electron chi connectivity index (χ4n) is 3.33. The fourth-order valence-corrected chi connectivity index (χ4v) is 3.54. The number of nitrogens with one attached hydrogen (secondary N) is 1. The summed E-state index contributed by atoms with van der Waals surface area (Å²) in [6.07, 6.45) is 5.87. The van der Waals surface area contributed by atoms with Crippen LogP contribution in [-0.2, 0) is 11.4 Å². The minimum absolute atomic E-state index is 0.00821. The van der Waals surface area contributed by atoms with Crippen molar-refractivity contribution in [2.75, 3.05) is 0 Å². The minimum Gasteiger partial charge on any atom is -0.504 e. The highest BCUT2D eigenvalue weighted by Gasteiger charge is 2.29. The molecular formula is C23H22ClN3O3. The maximum Gasteiger partial charge on any atom is 0.223 e. The number of halogens is 1. The van der Waals surface area contributed by atoms with Gasteiger partial charge in [0.05, 0.1) is 6.04 Å². The molecule has 1 aromatic heterocycles. The SMILES string of the molecule is O=C(NC(c1ccc(O)c(OCc2ccccc2)c1)c1nccnc1Cl)C1CCC1. The number of phenols is 1. The van der Waals surface area contributed by atoms with E-state index >= 15 is 0 Å². The first-order valence-corrected chi connectivity index (χ1v) is 10.3. The number of phenolic OH excluding ortho intramolecular Hbond substituents is 1. The molecule has 1 aliphatic rings. The third kappa shape index (κ3) is 4.54. The average molecular weight is 424 g/mol. The predicted molar refractivity (Wildman–Crippen MR) is 113 cm³/mol. The zero-order chi connectivity index (χ0) is 20.9. The van der Waals surface area contributed by atoms with Gasteiger partial charge in [-0.25, -0.2) is 4.98 Å². The first kappa shape index (κ1) is 20.2. The Labute approximate surface area is 179 Å². The molecule has 0 bridgehead atoms. The van der Waals surface area contributed by atoms with E-state index in [1.807, 2.05) is 30.3 Å². The second-order valence-corrected chi connectivity index (χ2v) is 7.66. The van der Waals surface area contributed by atoms with Crippen LogP contribution in [-0.4, -0.2) is 21.0 Å². The summed E-state index contributed by atoms with van der Waals surface area (Å²) >= 11 is 6.29. The summed E-state index contributed by atoms with van der Waals surface area (Å²) in [4.78, 5) is 21.1. The molecule has 7 heteroatoms. The highest BCUT2D eigenvalue weighted by molar-refractivity contribution is 6.30. The maximum atomic E-state index is 12.7. The van der Waals surface area contributed by atoms with Crippen molar-refractivity contribution in [1.82, 2.24) is 15.3 Å².